The molecular weight excluding hydrogens is 362 g/mol. The van der Waals surface area contributed by atoms with Gasteiger partial charge in [0.1, 0.15) is 5.75 Å². The number of methoxy groups -OCH3 is 1. The Morgan fingerprint density at radius 3 is 2.61 bits per heavy atom. The molecule has 8 nitrogen and oxygen atoms in total. The van der Waals surface area contributed by atoms with E-state index >= 15 is 0 Å². The zero-order valence-electron chi connectivity index (χ0n) is 17.0. The average molecular weight is 393 g/mol. The summed E-state index contributed by atoms with van der Waals surface area (Å²) in [5.74, 6) is -0.313. The van der Waals surface area contributed by atoms with Crippen LogP contribution < -0.4 is 15.4 Å². The first-order valence-electron chi connectivity index (χ1n) is 9.48. The number of unbranched alkanes of at least 4 members (excludes halogenated alkanes) is 1. The number of carbonyl (C=O) groups excluding carboxylic acids is 3. The number of hydroxylamine groups is 2. The Labute approximate surface area is 166 Å². The smallest absolute Gasteiger partial charge is 0.319 e. The monoisotopic (exact) mass is 393 g/mol. The first kappa shape index (κ1) is 23.4. The number of amides is 3. The molecule has 0 unspecified atom stereocenters. The van der Waals surface area contributed by atoms with Gasteiger partial charge >= 0.3 is 6.03 Å². The van der Waals surface area contributed by atoms with Crippen LogP contribution in [0.1, 0.15) is 40.0 Å². The van der Waals surface area contributed by atoms with E-state index in [1.807, 2.05) is 20.8 Å². The number of hydrogen-bond acceptors (Lipinski definition) is 5. The average Bonchev–Trinajstić information content (AvgIpc) is 2.68. The van der Waals surface area contributed by atoms with E-state index in [1.54, 1.807) is 24.3 Å². The molecule has 156 valence electrons. The van der Waals surface area contributed by atoms with Gasteiger partial charge in [0.2, 0.25) is 6.41 Å². The molecule has 0 aromatic heterocycles. The first-order chi connectivity index (χ1) is 13.3. The fourth-order valence-corrected chi connectivity index (χ4v) is 2.87. The molecule has 1 aromatic carbocycles. The number of hydrogen-bond donors (Lipinski definition) is 3. The lowest BCUT2D eigenvalue weighted by atomic mass is 9.87. The number of benzene rings is 1. The van der Waals surface area contributed by atoms with Crippen LogP contribution in [0, 0.1) is 11.8 Å². The van der Waals surface area contributed by atoms with Crippen molar-refractivity contribution in [3.63, 3.8) is 0 Å². The molecule has 0 heterocycles. The van der Waals surface area contributed by atoms with Crippen LogP contribution in [0.3, 0.4) is 0 Å². The third-order valence-electron chi connectivity index (χ3n) is 4.43. The van der Waals surface area contributed by atoms with Crippen LogP contribution >= 0.6 is 0 Å². The molecule has 1 aromatic rings. The van der Waals surface area contributed by atoms with Gasteiger partial charge in [0.25, 0.3) is 0 Å². The highest BCUT2D eigenvalue weighted by molar-refractivity contribution is 5.95. The minimum Gasteiger partial charge on any atom is -0.497 e. The molecule has 0 aliphatic rings. The molecule has 0 radical (unpaired) electrons. The minimum absolute atomic E-state index is 0.0925. The van der Waals surface area contributed by atoms with Crippen LogP contribution in [0.15, 0.2) is 24.3 Å². The highest BCUT2D eigenvalue weighted by Crippen LogP contribution is 2.19. The number of anilines is 1. The van der Waals surface area contributed by atoms with Crippen molar-refractivity contribution in [2.75, 3.05) is 19.0 Å². The lowest BCUT2D eigenvalue weighted by Crippen LogP contribution is -2.49. The summed E-state index contributed by atoms with van der Waals surface area (Å²) in [4.78, 5) is 36.2. The highest BCUT2D eigenvalue weighted by Gasteiger charge is 2.31. The molecule has 2 atom stereocenters. The maximum atomic E-state index is 13.0. The third-order valence-corrected chi connectivity index (χ3v) is 4.43. The molecule has 0 saturated heterocycles. The van der Waals surface area contributed by atoms with Gasteiger partial charge in [-0.05, 0) is 24.5 Å². The standard InChI is InChI=1S/C20H31N3O5/c1-5-6-8-15(12-23(27)13-24)19(25)18(14(2)3)22-20(26)21-16-9-7-10-17(11-16)28-4/h7,9-11,13-15,18,27H,5-6,8,12H2,1-4H3,(H2,21,22,26)/t15-,18+/m1/s1. The van der Waals surface area contributed by atoms with Crippen molar-refractivity contribution >= 4 is 23.9 Å². The first-order valence-corrected chi connectivity index (χ1v) is 9.48. The van der Waals surface area contributed by atoms with E-state index in [1.165, 1.54) is 7.11 Å². The van der Waals surface area contributed by atoms with Crippen LogP contribution in [0.25, 0.3) is 0 Å². The number of urea groups is 1. The molecule has 0 aliphatic carbocycles. The molecule has 28 heavy (non-hydrogen) atoms. The number of nitrogens with zero attached hydrogens (tertiary/aromatic N) is 1. The number of Topliss-reactive ketones (excluding diaryl/α,β-unsaturated/α-hetero) is 1. The van der Waals surface area contributed by atoms with Crippen LogP contribution in [-0.2, 0) is 9.59 Å². The van der Waals surface area contributed by atoms with Crippen molar-refractivity contribution in [1.29, 1.82) is 0 Å². The van der Waals surface area contributed by atoms with E-state index in [-0.39, 0.29) is 24.7 Å². The molecule has 3 N–H and O–H groups in total. The number of rotatable bonds is 12. The van der Waals surface area contributed by atoms with E-state index in [0.29, 0.717) is 22.9 Å². The van der Waals surface area contributed by atoms with Crippen molar-refractivity contribution in [3.8, 4) is 5.75 Å². The van der Waals surface area contributed by atoms with Gasteiger partial charge in [-0.3, -0.25) is 14.8 Å². The Balaban J connectivity index is 2.86. The van der Waals surface area contributed by atoms with Gasteiger partial charge in [-0.2, -0.15) is 0 Å². The molecule has 0 bridgehead atoms. The van der Waals surface area contributed by atoms with Crippen molar-refractivity contribution in [2.24, 2.45) is 11.8 Å². The Hall–Kier alpha value is -2.61. The SMILES string of the molecule is CCCC[C@H](CN(O)C=O)C(=O)[C@@H](NC(=O)Nc1cccc(OC)c1)C(C)C. The summed E-state index contributed by atoms with van der Waals surface area (Å²) in [6.07, 6.45) is 2.47. The normalized spacial score (nSPS) is 12.8. The van der Waals surface area contributed by atoms with Crippen molar-refractivity contribution in [2.45, 2.75) is 46.1 Å². The quantitative estimate of drug-likeness (QED) is 0.287. The maximum absolute atomic E-state index is 13.0. The summed E-state index contributed by atoms with van der Waals surface area (Å²) in [7, 11) is 1.53. The molecule has 1 rings (SSSR count). The molecule has 0 aliphatic heterocycles. The second-order valence-corrected chi connectivity index (χ2v) is 7.02. The second kappa shape index (κ2) is 12.0. The summed E-state index contributed by atoms with van der Waals surface area (Å²) < 4.78 is 5.13. The van der Waals surface area contributed by atoms with E-state index < -0.39 is 18.0 Å². The number of ketones is 1. The van der Waals surface area contributed by atoms with Gasteiger partial charge in [-0.1, -0.05) is 39.7 Å². The fraction of sp³-hybridized carbons (Fsp3) is 0.550. The third kappa shape index (κ3) is 7.56. The van der Waals surface area contributed by atoms with E-state index in [2.05, 4.69) is 10.6 Å². The summed E-state index contributed by atoms with van der Waals surface area (Å²) >= 11 is 0. The number of ether oxygens (including phenoxy) is 1. The van der Waals surface area contributed by atoms with Gasteiger partial charge in [0, 0.05) is 17.7 Å². The lowest BCUT2D eigenvalue weighted by Gasteiger charge is -2.27. The molecule has 0 spiro atoms. The topological polar surface area (TPSA) is 108 Å². The van der Waals surface area contributed by atoms with Crippen LogP contribution in [0.5, 0.6) is 5.75 Å². The van der Waals surface area contributed by atoms with Crippen molar-refractivity contribution in [3.05, 3.63) is 24.3 Å². The molecule has 8 heteroatoms. The van der Waals surface area contributed by atoms with E-state index in [4.69, 9.17) is 4.74 Å². The Morgan fingerprint density at radius 1 is 1.32 bits per heavy atom. The summed E-state index contributed by atoms with van der Waals surface area (Å²) in [5.41, 5.74) is 0.539. The Bertz CT molecular complexity index is 650. The van der Waals surface area contributed by atoms with Crippen LogP contribution in [0.2, 0.25) is 0 Å². The Kier molecular flexibility index (Phi) is 10.0. The van der Waals surface area contributed by atoms with E-state index in [0.717, 1.165) is 12.8 Å². The van der Waals surface area contributed by atoms with Crippen LogP contribution in [0.4, 0.5) is 10.5 Å². The van der Waals surface area contributed by atoms with Gasteiger partial charge in [0.05, 0.1) is 19.7 Å². The van der Waals surface area contributed by atoms with Gasteiger partial charge in [-0.25, -0.2) is 9.86 Å². The van der Waals surface area contributed by atoms with Crippen molar-refractivity contribution in [1.82, 2.24) is 10.4 Å². The minimum atomic E-state index is -0.743. The summed E-state index contributed by atoms with van der Waals surface area (Å²) in [6.45, 7) is 5.58. The number of nitrogens with one attached hydrogen (secondary N) is 2. The maximum Gasteiger partial charge on any atom is 0.319 e. The molecule has 3 amide bonds. The van der Waals surface area contributed by atoms with Gasteiger partial charge in [0.15, 0.2) is 5.78 Å². The van der Waals surface area contributed by atoms with Gasteiger partial charge in [-0.15, -0.1) is 0 Å². The zero-order chi connectivity index (χ0) is 21.1. The van der Waals surface area contributed by atoms with Crippen molar-refractivity contribution < 1.29 is 24.3 Å². The molecular formula is C20H31N3O5. The van der Waals surface area contributed by atoms with E-state index in [9.17, 15) is 19.6 Å². The number of carbonyl (C=O) groups is 3. The predicted octanol–water partition coefficient (Wildman–Crippen LogP) is 3.06. The second-order valence-electron chi connectivity index (χ2n) is 7.02. The van der Waals surface area contributed by atoms with Crippen LogP contribution in [-0.4, -0.2) is 48.2 Å². The zero-order valence-corrected chi connectivity index (χ0v) is 17.0. The Morgan fingerprint density at radius 2 is 2.04 bits per heavy atom. The predicted molar refractivity (Wildman–Crippen MR) is 106 cm³/mol. The highest BCUT2D eigenvalue weighted by atomic mass is 16.5. The summed E-state index contributed by atoms with van der Waals surface area (Å²) in [5, 5.41) is 15.4. The largest absolute Gasteiger partial charge is 0.497 e. The molecule has 0 saturated carbocycles. The summed E-state index contributed by atoms with van der Waals surface area (Å²) in [6, 6.07) is 5.64. The fourth-order valence-electron chi connectivity index (χ4n) is 2.87. The lowest BCUT2D eigenvalue weighted by molar-refractivity contribution is -0.154. The van der Waals surface area contributed by atoms with Gasteiger partial charge < -0.3 is 15.4 Å². The molecule has 0 fully saturated rings.